The lowest BCUT2D eigenvalue weighted by Crippen LogP contribution is -2.36. The smallest absolute Gasteiger partial charge is 0.151 e. The van der Waals surface area contributed by atoms with Crippen LogP contribution in [-0.4, -0.2) is 28.2 Å². The van der Waals surface area contributed by atoms with Crippen LogP contribution in [0.1, 0.15) is 32.1 Å². The second-order valence-corrected chi connectivity index (χ2v) is 9.02. The van der Waals surface area contributed by atoms with Crippen LogP contribution in [-0.2, 0) is 0 Å². The summed E-state index contributed by atoms with van der Waals surface area (Å²) in [6.07, 6.45) is 5.36. The van der Waals surface area contributed by atoms with Gasteiger partial charge < -0.3 is 5.32 Å². The molecule has 1 fully saturated rings. The first-order valence-electron chi connectivity index (χ1n) is 9.63. The summed E-state index contributed by atoms with van der Waals surface area (Å²) in [7, 11) is -3.62. The topological polar surface area (TPSA) is 59.0 Å². The van der Waals surface area contributed by atoms with Gasteiger partial charge in [0.05, 0.1) is 11.4 Å². The number of fused-ring (bicyclic) bond motifs is 1. The van der Waals surface area contributed by atoms with Crippen molar-refractivity contribution in [3.63, 3.8) is 0 Å². The van der Waals surface area contributed by atoms with Gasteiger partial charge in [0, 0.05) is 12.6 Å². The van der Waals surface area contributed by atoms with Crippen LogP contribution in [0.5, 0.6) is 0 Å². The van der Waals surface area contributed by atoms with Crippen molar-refractivity contribution >= 4 is 28.0 Å². The van der Waals surface area contributed by atoms with Crippen molar-refractivity contribution < 1.29 is 17.9 Å². The Balaban J connectivity index is 1.54. The highest BCUT2D eigenvalue weighted by Crippen LogP contribution is 2.64. The van der Waals surface area contributed by atoms with Crippen molar-refractivity contribution in [2.45, 2.75) is 38.1 Å². The first-order chi connectivity index (χ1) is 13.5. The fraction of sp³-hybridized carbons (Fsp3) is 0.400. The number of unbranched alkanes of at least 4 members (excludes halogenated alkanes) is 1. The fourth-order valence-electron chi connectivity index (χ4n) is 3.68. The summed E-state index contributed by atoms with van der Waals surface area (Å²) in [5.74, 6) is -1.66. The molecule has 0 saturated heterocycles. The van der Waals surface area contributed by atoms with E-state index in [4.69, 9.17) is 0 Å². The standard InChI is InChI=1S/C20H25F2N3O2S/c21-16-9-6-10-17(22)20(16)25-19-12-2-1-11-18(19)24(28(25,26)27)14-4-3-13-23-15-7-5-8-15/h1-2,6,9-12,15,23,26-27H,3-5,7-8,13-14H2. The molecule has 1 aliphatic heterocycles. The Labute approximate surface area is 165 Å². The first kappa shape index (κ1) is 19.4. The molecule has 0 bridgehead atoms. The third kappa shape index (κ3) is 3.45. The fourth-order valence-corrected chi connectivity index (χ4v) is 5.50. The highest BCUT2D eigenvalue weighted by Gasteiger charge is 2.43. The zero-order valence-electron chi connectivity index (χ0n) is 15.5. The van der Waals surface area contributed by atoms with Crippen LogP contribution in [0.4, 0.5) is 25.8 Å². The molecule has 5 nitrogen and oxygen atoms in total. The van der Waals surface area contributed by atoms with E-state index in [0.717, 1.165) is 35.8 Å². The number of halogens is 2. The Kier molecular flexibility index (Phi) is 5.46. The minimum absolute atomic E-state index is 0.387. The first-order valence-corrected chi connectivity index (χ1v) is 11.1. The molecular weight excluding hydrogens is 384 g/mol. The van der Waals surface area contributed by atoms with Gasteiger partial charge in [-0.1, -0.05) is 24.6 Å². The summed E-state index contributed by atoms with van der Waals surface area (Å²) in [4.78, 5) is 0. The molecule has 4 rings (SSSR count). The molecule has 1 heterocycles. The molecule has 0 unspecified atom stereocenters. The maximum atomic E-state index is 14.4. The van der Waals surface area contributed by atoms with Gasteiger partial charge in [0.1, 0.15) is 5.69 Å². The van der Waals surface area contributed by atoms with Crippen LogP contribution >= 0.6 is 11.0 Å². The van der Waals surface area contributed by atoms with Gasteiger partial charge >= 0.3 is 0 Å². The number of benzene rings is 2. The van der Waals surface area contributed by atoms with Crippen molar-refractivity contribution in [2.24, 2.45) is 0 Å². The normalized spacial score (nSPS) is 19.4. The molecule has 2 aromatic rings. The molecule has 1 aliphatic carbocycles. The number of hydrogen-bond acceptors (Lipinski definition) is 5. The predicted octanol–water partition coefficient (Wildman–Crippen LogP) is 5.43. The van der Waals surface area contributed by atoms with E-state index in [1.807, 2.05) is 0 Å². The Morgan fingerprint density at radius 3 is 2.29 bits per heavy atom. The van der Waals surface area contributed by atoms with Gasteiger partial charge in [-0.15, -0.1) is 0 Å². The summed E-state index contributed by atoms with van der Waals surface area (Å²) in [5, 5.41) is 3.49. The van der Waals surface area contributed by atoms with E-state index in [1.54, 1.807) is 24.3 Å². The number of hydrogen-bond donors (Lipinski definition) is 3. The van der Waals surface area contributed by atoms with Crippen LogP contribution in [0.3, 0.4) is 0 Å². The summed E-state index contributed by atoms with van der Waals surface area (Å²) < 4.78 is 53.2. The highest BCUT2D eigenvalue weighted by molar-refractivity contribution is 8.27. The van der Waals surface area contributed by atoms with E-state index in [-0.39, 0.29) is 0 Å². The molecule has 0 aromatic heterocycles. The van der Waals surface area contributed by atoms with E-state index < -0.39 is 28.3 Å². The number of rotatable bonds is 7. The number of anilines is 3. The summed E-state index contributed by atoms with van der Waals surface area (Å²) in [5.41, 5.74) is 0.514. The average molecular weight is 410 g/mol. The minimum Gasteiger partial charge on any atom is -0.314 e. The van der Waals surface area contributed by atoms with Crippen molar-refractivity contribution in [2.75, 3.05) is 21.7 Å². The molecule has 2 aliphatic rings. The quantitative estimate of drug-likeness (QED) is 0.533. The zero-order valence-corrected chi connectivity index (χ0v) is 16.3. The van der Waals surface area contributed by atoms with E-state index in [1.165, 1.54) is 29.6 Å². The molecule has 28 heavy (non-hydrogen) atoms. The molecule has 0 radical (unpaired) electrons. The summed E-state index contributed by atoms with van der Waals surface area (Å²) >= 11 is 0. The zero-order chi connectivity index (χ0) is 19.7. The van der Waals surface area contributed by atoms with Crippen molar-refractivity contribution in [1.82, 2.24) is 5.32 Å². The van der Waals surface area contributed by atoms with Gasteiger partial charge in [0.2, 0.25) is 0 Å². The van der Waals surface area contributed by atoms with Gasteiger partial charge in [0.25, 0.3) is 0 Å². The van der Waals surface area contributed by atoms with Crippen LogP contribution in [0.2, 0.25) is 0 Å². The van der Waals surface area contributed by atoms with Gasteiger partial charge in [-0.05, 0) is 67.5 Å². The Hall–Kier alpha value is -1.87. The molecule has 3 N–H and O–H groups in total. The minimum atomic E-state index is -3.62. The van der Waals surface area contributed by atoms with Gasteiger partial charge in [-0.25, -0.2) is 13.1 Å². The lowest BCUT2D eigenvalue weighted by Gasteiger charge is -2.43. The Morgan fingerprint density at radius 1 is 0.964 bits per heavy atom. The molecule has 1 saturated carbocycles. The molecular formula is C20H25F2N3O2S. The third-order valence-corrected chi connectivity index (χ3v) is 7.22. The predicted molar refractivity (Wildman–Crippen MR) is 110 cm³/mol. The molecule has 0 atom stereocenters. The highest BCUT2D eigenvalue weighted by atomic mass is 32.3. The van der Waals surface area contributed by atoms with Crippen molar-refractivity contribution in [3.8, 4) is 0 Å². The third-order valence-electron chi connectivity index (χ3n) is 5.38. The van der Waals surface area contributed by atoms with Gasteiger partial charge in [-0.3, -0.25) is 13.4 Å². The van der Waals surface area contributed by atoms with E-state index >= 15 is 0 Å². The maximum Gasteiger partial charge on any atom is 0.151 e. The van der Waals surface area contributed by atoms with Crippen LogP contribution < -0.4 is 13.9 Å². The van der Waals surface area contributed by atoms with Gasteiger partial charge in [-0.2, -0.15) is 0 Å². The van der Waals surface area contributed by atoms with Crippen LogP contribution in [0.15, 0.2) is 42.5 Å². The summed E-state index contributed by atoms with van der Waals surface area (Å²) in [6, 6.07) is 11.0. The molecule has 0 amide bonds. The summed E-state index contributed by atoms with van der Waals surface area (Å²) in [6.45, 7) is 1.27. The monoisotopic (exact) mass is 409 g/mol. The lowest BCUT2D eigenvalue weighted by atomic mass is 9.93. The van der Waals surface area contributed by atoms with E-state index in [0.29, 0.717) is 24.0 Å². The van der Waals surface area contributed by atoms with Crippen LogP contribution in [0, 0.1) is 11.6 Å². The maximum absolute atomic E-state index is 14.4. The number of para-hydroxylation sites is 3. The average Bonchev–Trinajstić information content (AvgIpc) is 2.84. The van der Waals surface area contributed by atoms with Gasteiger partial charge in [0.15, 0.2) is 11.6 Å². The number of nitrogens with one attached hydrogen (secondary N) is 1. The number of nitrogens with zero attached hydrogens (tertiary/aromatic N) is 2. The molecule has 152 valence electrons. The van der Waals surface area contributed by atoms with Crippen molar-refractivity contribution in [3.05, 3.63) is 54.1 Å². The molecule has 2 aromatic carbocycles. The Bertz CT molecular complexity index is 828. The SMILES string of the molecule is OS1(O)N(CCCCNC2CCC2)c2ccccc2N1c1c(F)cccc1F. The van der Waals surface area contributed by atoms with Crippen LogP contribution in [0.25, 0.3) is 0 Å². The van der Waals surface area contributed by atoms with E-state index in [9.17, 15) is 17.9 Å². The molecule has 0 spiro atoms. The lowest BCUT2D eigenvalue weighted by molar-refractivity contribution is 0.338. The largest absolute Gasteiger partial charge is 0.314 e. The second kappa shape index (κ2) is 7.87. The van der Waals surface area contributed by atoms with E-state index in [2.05, 4.69) is 5.32 Å². The molecule has 8 heteroatoms. The van der Waals surface area contributed by atoms with Crippen molar-refractivity contribution in [1.29, 1.82) is 0 Å². The second-order valence-electron chi connectivity index (χ2n) is 7.23. The Morgan fingerprint density at radius 2 is 1.64 bits per heavy atom.